The molecular formula is C66H93N19O21S2. The van der Waals surface area contributed by atoms with Crippen LogP contribution in [0.1, 0.15) is 151 Å². The van der Waals surface area contributed by atoms with Gasteiger partial charge in [0.1, 0.15) is 24.2 Å². The van der Waals surface area contributed by atoms with Crippen LogP contribution in [0.4, 0.5) is 23.0 Å². The van der Waals surface area contributed by atoms with E-state index in [2.05, 4.69) is 78.4 Å². The maximum absolute atomic E-state index is 13.4. The molecule has 0 bridgehead atoms. The number of nitrogens with one attached hydrogen (secondary N) is 12. The third kappa shape index (κ3) is 35.6. The summed E-state index contributed by atoms with van der Waals surface area (Å²) in [4.78, 5) is 188. The molecular weight excluding hydrogens is 1460 g/mol. The minimum atomic E-state index is -1.97. The zero-order valence-electron chi connectivity index (χ0n) is 59.2. The van der Waals surface area contributed by atoms with Crippen LogP contribution < -0.4 is 69.8 Å². The summed E-state index contributed by atoms with van der Waals surface area (Å²) in [5.74, 6) is -13.3. The molecule has 40 nitrogen and oxygen atoms in total. The van der Waals surface area contributed by atoms with Gasteiger partial charge in [-0.05, 0) is 156 Å². The Morgan fingerprint density at radius 1 is 0.500 bits per heavy atom. The third-order valence-corrected chi connectivity index (χ3v) is 16.3. The van der Waals surface area contributed by atoms with Crippen molar-refractivity contribution in [2.24, 2.45) is 0 Å². The predicted octanol–water partition coefficient (Wildman–Crippen LogP) is 0.779. The minimum absolute atomic E-state index is 0.0139. The molecule has 2 aromatic heterocycles. The van der Waals surface area contributed by atoms with E-state index in [0.29, 0.717) is 127 Å². The molecule has 4 aromatic rings. The maximum Gasteiger partial charge on any atom is 0.326 e. The second kappa shape index (κ2) is 48.0. The van der Waals surface area contributed by atoms with Crippen molar-refractivity contribution in [1.82, 2.24) is 77.7 Å². The van der Waals surface area contributed by atoms with Gasteiger partial charge in [-0.1, -0.05) is 0 Å². The number of rotatable bonds is 50. The summed E-state index contributed by atoms with van der Waals surface area (Å²) in [6.07, 6.45) is 2.86. The monoisotopic (exact) mass is 1550 g/mol. The van der Waals surface area contributed by atoms with E-state index in [1.54, 1.807) is 24.3 Å². The summed E-state index contributed by atoms with van der Waals surface area (Å²) in [5, 5.41) is 100. The van der Waals surface area contributed by atoms with Crippen LogP contribution in [0.2, 0.25) is 0 Å². The lowest BCUT2D eigenvalue weighted by Crippen LogP contribution is -2.56. The standard InChI is InChI=1S/C66H93N19O21S2/c1-39(86)83(104)32-10-2-6-28-68-49(87)24-26-52(90)84(105)33-11-3-7-29-69-50(88)25-27-53(91)85(106)34-12-4-8-30-70-65(107)75-42-18-20-43(21-19-42)76-66(108)71-31-9-5-13-45(62(100)101)79-60(98)48(36-55(94)95)80-59(97)47(35-54(92)93)77-51(89)23-22-46(63(102)103)78-58(96)40-14-16-41(17-15-40)72-37-44-38-73-57-56(74-44)61(99)82-64(67)81-57/h14-21,38,45-48,72,104-106H,2-13,22-37H2,1H3,(H,68,87)(H,69,88)(H,77,89)(H,78,96)(H,79,98)(H,80,97)(H,92,93)(H,94,95)(H,100,101)(H,102,103)(H2,70,75,107)(H2,71,76,108)(H3,67,73,81,82,99)/t45-,46-,47-,48-/m0/s1. The van der Waals surface area contributed by atoms with Gasteiger partial charge in [-0.15, -0.1) is 0 Å². The van der Waals surface area contributed by atoms with Gasteiger partial charge in [0.2, 0.25) is 53.2 Å². The van der Waals surface area contributed by atoms with Crippen LogP contribution in [0.5, 0.6) is 0 Å². The van der Waals surface area contributed by atoms with E-state index in [1.165, 1.54) is 37.4 Å². The fourth-order valence-electron chi connectivity index (χ4n) is 9.89. The molecule has 42 heteroatoms. The predicted molar refractivity (Wildman–Crippen MR) is 393 cm³/mol. The van der Waals surface area contributed by atoms with Gasteiger partial charge in [0.25, 0.3) is 11.5 Å². The number of aromatic nitrogens is 4. The number of nitrogens with two attached hydrogens (primary N) is 1. The molecule has 0 aliphatic carbocycles. The van der Waals surface area contributed by atoms with Crippen molar-refractivity contribution in [2.75, 3.05) is 67.5 Å². The first-order valence-corrected chi connectivity index (χ1v) is 35.3. The Kier molecular flexibility index (Phi) is 39.5. The summed E-state index contributed by atoms with van der Waals surface area (Å²) in [5.41, 5.74) is 7.09. The van der Waals surface area contributed by atoms with E-state index in [9.17, 15) is 103 Å². The van der Waals surface area contributed by atoms with Gasteiger partial charge in [0, 0.05) is 107 Å². The number of anilines is 4. The number of carboxylic acid groups (broad SMARTS) is 4. The Morgan fingerprint density at radius 3 is 1.43 bits per heavy atom. The van der Waals surface area contributed by atoms with Crippen molar-refractivity contribution in [3.63, 3.8) is 0 Å². The summed E-state index contributed by atoms with van der Waals surface area (Å²) in [7, 11) is 0. The maximum atomic E-state index is 13.4. The van der Waals surface area contributed by atoms with Crippen LogP contribution in [0.15, 0.2) is 59.5 Å². The third-order valence-electron chi connectivity index (χ3n) is 15.8. The van der Waals surface area contributed by atoms with E-state index in [-0.39, 0.29) is 111 Å². The zero-order valence-corrected chi connectivity index (χ0v) is 60.9. The van der Waals surface area contributed by atoms with Crippen LogP contribution in [-0.4, -0.2) is 228 Å². The highest BCUT2D eigenvalue weighted by molar-refractivity contribution is 7.80. The van der Waals surface area contributed by atoms with E-state index >= 15 is 0 Å². The van der Waals surface area contributed by atoms with Crippen LogP contribution in [0.3, 0.4) is 0 Å². The fraction of sp³-hybridized carbons (Fsp3) is 0.500. The molecule has 0 spiro atoms. The number of aliphatic carboxylic acids is 4. The number of H-pyrrole nitrogens is 1. The molecule has 0 saturated carbocycles. The molecule has 590 valence electrons. The van der Waals surface area contributed by atoms with Crippen LogP contribution in [0.25, 0.3) is 11.2 Å². The van der Waals surface area contributed by atoms with Crippen molar-refractivity contribution >= 4 is 146 Å². The summed E-state index contributed by atoms with van der Waals surface area (Å²) < 4.78 is 0. The van der Waals surface area contributed by atoms with E-state index in [1.807, 2.05) is 0 Å². The van der Waals surface area contributed by atoms with E-state index in [4.69, 9.17) is 30.2 Å². The molecule has 0 fully saturated rings. The first-order chi connectivity index (χ1) is 51.4. The van der Waals surface area contributed by atoms with Gasteiger partial charge in [-0.2, -0.15) is 4.98 Å². The van der Waals surface area contributed by atoms with Crippen LogP contribution in [0, 0.1) is 0 Å². The first kappa shape index (κ1) is 89.0. The second-order valence-corrected chi connectivity index (χ2v) is 25.3. The van der Waals surface area contributed by atoms with Crippen molar-refractivity contribution in [1.29, 1.82) is 0 Å². The molecule has 0 radical (unpaired) electrons. The highest BCUT2D eigenvalue weighted by atomic mass is 32.1. The van der Waals surface area contributed by atoms with Crippen molar-refractivity contribution in [2.45, 2.75) is 166 Å². The number of unbranched alkanes of at least 4 members (excludes halogenated alkanes) is 7. The average molecular weight is 1550 g/mol. The molecule has 0 aliphatic heterocycles. The molecule has 2 heterocycles. The van der Waals surface area contributed by atoms with Gasteiger partial charge in [0.15, 0.2) is 21.4 Å². The summed E-state index contributed by atoms with van der Waals surface area (Å²) in [6, 6.07) is 5.44. The number of carbonyl (C=O) groups excluding carboxylic acids is 9. The van der Waals surface area contributed by atoms with Crippen molar-refractivity contribution < 1.29 is 98.4 Å². The highest BCUT2D eigenvalue weighted by Gasteiger charge is 2.33. The van der Waals surface area contributed by atoms with Gasteiger partial charge in [-0.3, -0.25) is 78.1 Å². The van der Waals surface area contributed by atoms with E-state index in [0.717, 1.165) is 0 Å². The number of amides is 9. The highest BCUT2D eigenvalue weighted by Crippen LogP contribution is 2.16. The molecule has 0 unspecified atom stereocenters. The number of hydrogen-bond acceptors (Lipinski definition) is 24. The lowest BCUT2D eigenvalue weighted by atomic mass is 10.1. The molecule has 2 aromatic carbocycles. The van der Waals surface area contributed by atoms with Gasteiger partial charge in [0.05, 0.1) is 31.3 Å². The SMILES string of the molecule is CC(=O)N(O)CCCCCNC(=O)CCC(=O)N(O)CCCCCNC(=O)CCC(=O)N(O)CCCCCNC(=S)Nc1ccc(NC(=S)NCCCC[C@H](NC(=O)[C@H](CC(=O)O)NC(=O)[C@H](CC(=O)O)NC(=O)CC[C@H](NC(=O)c2ccc(NCc3cnc4nc(N)[nH]c(=O)c4n3)cc2)C(=O)O)C(=O)O)cc1. The lowest BCUT2D eigenvalue weighted by molar-refractivity contribution is -0.166. The minimum Gasteiger partial charge on any atom is -0.481 e. The number of fused-ring (bicyclic) bond motifs is 1. The number of nitrogen functional groups attached to an aromatic ring is 1. The number of hydroxylamine groups is 6. The molecule has 21 N–H and O–H groups in total. The number of carboxylic acids is 4. The zero-order chi connectivity index (χ0) is 79.7. The number of benzene rings is 2. The van der Waals surface area contributed by atoms with Crippen LogP contribution >= 0.6 is 24.4 Å². The molecule has 9 amide bonds. The number of nitrogens with zero attached hydrogens (tertiary/aromatic N) is 6. The van der Waals surface area contributed by atoms with Gasteiger partial charge >= 0.3 is 23.9 Å². The second-order valence-electron chi connectivity index (χ2n) is 24.5. The number of carbonyl (C=O) groups is 13. The largest absolute Gasteiger partial charge is 0.481 e. The van der Waals surface area contributed by atoms with Gasteiger partial charge in [-0.25, -0.2) is 34.7 Å². The quantitative estimate of drug-likeness (QED) is 0.0126. The number of hydrogen-bond donors (Lipinski definition) is 20. The molecule has 0 saturated heterocycles. The van der Waals surface area contributed by atoms with Crippen LogP contribution in [-0.2, 0) is 64.1 Å². The Morgan fingerprint density at radius 2 is 0.944 bits per heavy atom. The molecule has 4 atom stereocenters. The summed E-state index contributed by atoms with van der Waals surface area (Å²) in [6.45, 7) is 3.05. The van der Waals surface area contributed by atoms with Gasteiger partial charge < -0.3 is 84.6 Å². The average Bonchev–Trinajstić information content (AvgIpc) is 0.814. The smallest absolute Gasteiger partial charge is 0.326 e. The van der Waals surface area contributed by atoms with Crippen molar-refractivity contribution in [3.8, 4) is 0 Å². The first-order valence-electron chi connectivity index (χ1n) is 34.5. The molecule has 0 aliphatic rings. The molecule has 108 heavy (non-hydrogen) atoms. The molecule has 4 rings (SSSR count). The van der Waals surface area contributed by atoms with Crippen molar-refractivity contribution in [3.05, 3.63) is 76.3 Å². The number of aromatic amines is 1. The Bertz CT molecular complexity index is 3820. The Balaban J connectivity index is 1.06. The fourth-order valence-corrected chi connectivity index (χ4v) is 10.3. The Labute approximate surface area is 629 Å². The Hall–Kier alpha value is -11.4. The normalized spacial score (nSPS) is 11.9. The van der Waals surface area contributed by atoms with E-state index < -0.39 is 121 Å². The lowest BCUT2D eigenvalue weighted by Gasteiger charge is -2.23. The topological polar surface area (TPSA) is 603 Å². The number of thiocarbonyl (C=S) groups is 2. The summed E-state index contributed by atoms with van der Waals surface area (Å²) >= 11 is 10.8.